The van der Waals surface area contributed by atoms with Crippen LogP contribution in [-0.2, 0) is 19.1 Å². The molecule has 2 rings (SSSR count). The van der Waals surface area contributed by atoms with Crippen LogP contribution in [0.5, 0.6) is 0 Å². The van der Waals surface area contributed by atoms with Crippen LogP contribution in [0.3, 0.4) is 0 Å². The fourth-order valence-corrected chi connectivity index (χ4v) is 2.14. The number of benzene rings is 1. The van der Waals surface area contributed by atoms with Gasteiger partial charge in [0.2, 0.25) is 6.10 Å². The molecule has 20 heavy (non-hydrogen) atoms. The van der Waals surface area contributed by atoms with E-state index in [9.17, 15) is 9.59 Å². The van der Waals surface area contributed by atoms with Crippen LogP contribution in [0.2, 0.25) is 0 Å². The molecule has 0 bridgehead atoms. The number of ether oxygens (including phenoxy) is 2. The molecule has 1 unspecified atom stereocenters. The lowest BCUT2D eigenvalue weighted by molar-refractivity contribution is -0.169. The average Bonchev–Trinajstić information content (AvgIpc) is 2.46. The minimum Gasteiger partial charge on any atom is -0.455 e. The lowest BCUT2D eigenvalue weighted by Gasteiger charge is -2.21. The van der Waals surface area contributed by atoms with Gasteiger partial charge in [0.25, 0.3) is 0 Å². The van der Waals surface area contributed by atoms with Crippen LogP contribution in [0, 0.1) is 0 Å². The van der Waals surface area contributed by atoms with E-state index in [4.69, 9.17) is 9.47 Å². The van der Waals surface area contributed by atoms with Gasteiger partial charge in [0.15, 0.2) is 0 Å². The molecule has 106 valence electrons. The number of esters is 2. The highest BCUT2D eigenvalue weighted by Gasteiger charge is 2.27. The minimum absolute atomic E-state index is 0.224. The SMILES string of the molecule is CC(=O)O[C@H](C(=O)OC1C=CCCC1)c1ccccc1. The first kappa shape index (κ1) is 14.3. The Bertz CT molecular complexity index is 492. The van der Waals surface area contributed by atoms with Crippen molar-refractivity contribution in [3.8, 4) is 0 Å². The highest BCUT2D eigenvalue weighted by Crippen LogP contribution is 2.22. The third-order valence-electron chi connectivity index (χ3n) is 3.08. The zero-order chi connectivity index (χ0) is 14.4. The predicted octanol–water partition coefficient (Wildman–Crippen LogP) is 2.94. The van der Waals surface area contributed by atoms with E-state index in [1.807, 2.05) is 18.2 Å². The van der Waals surface area contributed by atoms with Gasteiger partial charge in [-0.15, -0.1) is 0 Å². The summed E-state index contributed by atoms with van der Waals surface area (Å²) in [4.78, 5) is 23.4. The molecular formula is C16H18O4. The monoisotopic (exact) mass is 274 g/mol. The molecular weight excluding hydrogens is 256 g/mol. The molecule has 0 saturated heterocycles. The summed E-state index contributed by atoms with van der Waals surface area (Å²) in [5.41, 5.74) is 0.618. The molecule has 1 aromatic carbocycles. The molecule has 0 saturated carbocycles. The molecule has 4 heteroatoms. The molecule has 1 aromatic rings. The Balaban J connectivity index is 2.09. The normalized spacial score (nSPS) is 19.1. The molecule has 1 aliphatic rings. The smallest absolute Gasteiger partial charge is 0.352 e. The summed E-state index contributed by atoms with van der Waals surface area (Å²) in [6.45, 7) is 1.28. The van der Waals surface area contributed by atoms with Gasteiger partial charge in [0, 0.05) is 12.5 Å². The van der Waals surface area contributed by atoms with Gasteiger partial charge < -0.3 is 9.47 Å². The van der Waals surface area contributed by atoms with E-state index < -0.39 is 18.0 Å². The molecule has 0 amide bonds. The summed E-state index contributed by atoms with van der Waals surface area (Å²) >= 11 is 0. The van der Waals surface area contributed by atoms with Crippen molar-refractivity contribution in [1.29, 1.82) is 0 Å². The van der Waals surface area contributed by atoms with Crippen molar-refractivity contribution < 1.29 is 19.1 Å². The van der Waals surface area contributed by atoms with Crippen LogP contribution in [0.15, 0.2) is 42.5 Å². The summed E-state index contributed by atoms with van der Waals surface area (Å²) in [7, 11) is 0. The molecule has 0 radical (unpaired) electrons. The first-order valence-corrected chi connectivity index (χ1v) is 6.76. The van der Waals surface area contributed by atoms with Crippen LogP contribution in [0.1, 0.15) is 37.9 Å². The Labute approximate surface area is 118 Å². The first-order chi connectivity index (χ1) is 9.66. The van der Waals surface area contributed by atoms with Gasteiger partial charge in [0.05, 0.1) is 0 Å². The molecule has 0 aliphatic heterocycles. The average molecular weight is 274 g/mol. The summed E-state index contributed by atoms with van der Waals surface area (Å²) in [6, 6.07) is 8.90. The van der Waals surface area contributed by atoms with Gasteiger partial charge in [-0.1, -0.05) is 36.4 Å². The summed E-state index contributed by atoms with van der Waals surface area (Å²) in [5, 5.41) is 0. The van der Waals surface area contributed by atoms with E-state index in [1.165, 1.54) is 6.92 Å². The van der Waals surface area contributed by atoms with Crippen LogP contribution >= 0.6 is 0 Å². The number of carbonyl (C=O) groups is 2. The van der Waals surface area contributed by atoms with Crippen LogP contribution < -0.4 is 0 Å². The summed E-state index contributed by atoms with van der Waals surface area (Å²) in [5.74, 6) is -1.03. The lowest BCUT2D eigenvalue weighted by Crippen LogP contribution is -2.25. The molecule has 0 heterocycles. The van der Waals surface area contributed by atoms with E-state index in [1.54, 1.807) is 24.3 Å². The van der Waals surface area contributed by atoms with Gasteiger partial charge in [-0.3, -0.25) is 4.79 Å². The van der Waals surface area contributed by atoms with Crippen LogP contribution in [0.25, 0.3) is 0 Å². The van der Waals surface area contributed by atoms with Crippen molar-refractivity contribution in [2.24, 2.45) is 0 Å². The molecule has 0 aromatic heterocycles. The fourth-order valence-electron chi connectivity index (χ4n) is 2.14. The minimum atomic E-state index is -0.996. The van der Waals surface area contributed by atoms with Crippen molar-refractivity contribution in [2.75, 3.05) is 0 Å². The maximum atomic E-state index is 12.2. The van der Waals surface area contributed by atoms with Gasteiger partial charge in [-0.2, -0.15) is 0 Å². The largest absolute Gasteiger partial charge is 0.455 e. The lowest BCUT2D eigenvalue weighted by atomic mass is 10.1. The first-order valence-electron chi connectivity index (χ1n) is 6.76. The van der Waals surface area contributed by atoms with Crippen molar-refractivity contribution in [3.05, 3.63) is 48.0 Å². The van der Waals surface area contributed by atoms with E-state index in [0.717, 1.165) is 19.3 Å². The number of carbonyl (C=O) groups excluding carboxylic acids is 2. The highest BCUT2D eigenvalue weighted by atomic mass is 16.6. The number of allylic oxidation sites excluding steroid dienone is 1. The van der Waals surface area contributed by atoms with E-state index in [-0.39, 0.29) is 6.10 Å². The number of hydrogen-bond donors (Lipinski definition) is 0. The van der Waals surface area contributed by atoms with Crippen molar-refractivity contribution >= 4 is 11.9 Å². The molecule has 0 fully saturated rings. The second-order valence-corrected chi connectivity index (χ2v) is 4.73. The number of hydrogen-bond acceptors (Lipinski definition) is 4. The second-order valence-electron chi connectivity index (χ2n) is 4.73. The third kappa shape index (κ3) is 3.95. The van der Waals surface area contributed by atoms with Crippen molar-refractivity contribution in [1.82, 2.24) is 0 Å². The Hall–Kier alpha value is -2.10. The van der Waals surface area contributed by atoms with Crippen LogP contribution in [-0.4, -0.2) is 18.0 Å². The van der Waals surface area contributed by atoms with Gasteiger partial charge in [-0.25, -0.2) is 4.79 Å². The summed E-state index contributed by atoms with van der Waals surface area (Å²) < 4.78 is 10.5. The zero-order valence-electron chi connectivity index (χ0n) is 11.5. The van der Waals surface area contributed by atoms with Gasteiger partial charge >= 0.3 is 11.9 Å². The van der Waals surface area contributed by atoms with Crippen LogP contribution in [0.4, 0.5) is 0 Å². The molecule has 0 N–H and O–H groups in total. The Morgan fingerprint density at radius 1 is 1.25 bits per heavy atom. The molecule has 1 aliphatic carbocycles. The van der Waals surface area contributed by atoms with Gasteiger partial charge in [-0.05, 0) is 25.3 Å². The van der Waals surface area contributed by atoms with E-state index in [2.05, 4.69) is 0 Å². The standard InChI is InChI=1S/C16H18O4/c1-12(17)19-15(13-8-4-2-5-9-13)16(18)20-14-10-6-3-7-11-14/h2,4-6,8-10,14-15H,3,7,11H2,1H3/t14?,15-/m0/s1. The van der Waals surface area contributed by atoms with E-state index in [0.29, 0.717) is 5.56 Å². The Kier molecular flexibility index (Phi) is 4.93. The second kappa shape index (κ2) is 6.89. The molecule has 0 spiro atoms. The van der Waals surface area contributed by atoms with Gasteiger partial charge in [0.1, 0.15) is 6.10 Å². The van der Waals surface area contributed by atoms with E-state index >= 15 is 0 Å². The molecule has 4 nitrogen and oxygen atoms in total. The fraction of sp³-hybridized carbons (Fsp3) is 0.375. The molecule has 2 atom stereocenters. The topological polar surface area (TPSA) is 52.6 Å². The maximum absolute atomic E-state index is 12.2. The maximum Gasteiger partial charge on any atom is 0.352 e. The predicted molar refractivity (Wildman–Crippen MR) is 73.8 cm³/mol. The van der Waals surface area contributed by atoms with Crippen molar-refractivity contribution in [2.45, 2.75) is 38.4 Å². The van der Waals surface area contributed by atoms with Crippen molar-refractivity contribution in [3.63, 3.8) is 0 Å². The third-order valence-corrected chi connectivity index (χ3v) is 3.08. The Morgan fingerprint density at radius 3 is 2.60 bits per heavy atom. The highest BCUT2D eigenvalue weighted by molar-refractivity contribution is 5.80. The summed E-state index contributed by atoms with van der Waals surface area (Å²) in [6.07, 6.45) is 5.49. The number of rotatable bonds is 4. The zero-order valence-corrected chi connectivity index (χ0v) is 11.5. The quantitative estimate of drug-likeness (QED) is 0.625. The Morgan fingerprint density at radius 2 is 2.00 bits per heavy atom.